The first-order valence-electron chi connectivity index (χ1n) is 8.62. The summed E-state index contributed by atoms with van der Waals surface area (Å²) in [6.45, 7) is -4.92. The molecule has 1 aliphatic rings. The predicted molar refractivity (Wildman–Crippen MR) is 88.4 cm³/mol. The molecule has 0 saturated heterocycles. The Morgan fingerprint density at radius 1 is 1.26 bits per heavy atom. The third-order valence-corrected chi connectivity index (χ3v) is 5.24. The fraction of sp³-hybridized carbons (Fsp3) is 0.611. The van der Waals surface area contributed by atoms with E-state index in [0.717, 1.165) is 0 Å². The SMILES string of the molecule is CCC1(C(O)C(C(N)=O)[C@@H](COC(F)F)c2cccc(OC(F)F)c2)CC1. The lowest BCUT2D eigenvalue weighted by Gasteiger charge is -2.33. The highest BCUT2D eigenvalue weighted by molar-refractivity contribution is 5.78. The monoisotopic (exact) mass is 393 g/mol. The minimum absolute atomic E-state index is 0.195. The molecule has 0 aliphatic heterocycles. The number of carbonyl (C=O) groups excluding carboxylic acids is 1. The molecule has 27 heavy (non-hydrogen) atoms. The largest absolute Gasteiger partial charge is 0.435 e. The zero-order chi connectivity index (χ0) is 20.2. The number of primary amides is 1. The lowest BCUT2D eigenvalue weighted by atomic mass is 9.76. The van der Waals surface area contributed by atoms with Crippen LogP contribution in [-0.2, 0) is 9.53 Å². The van der Waals surface area contributed by atoms with Gasteiger partial charge in [-0.25, -0.2) is 0 Å². The molecule has 0 spiro atoms. The van der Waals surface area contributed by atoms with Gasteiger partial charge in [0, 0.05) is 5.92 Å². The first-order chi connectivity index (χ1) is 12.7. The van der Waals surface area contributed by atoms with Crippen LogP contribution in [-0.4, -0.2) is 36.9 Å². The summed E-state index contributed by atoms with van der Waals surface area (Å²) in [7, 11) is 0. The van der Waals surface area contributed by atoms with Gasteiger partial charge in [0.05, 0.1) is 18.6 Å². The smallest absolute Gasteiger partial charge is 0.387 e. The molecule has 5 nitrogen and oxygen atoms in total. The first kappa shape index (κ1) is 21.4. The summed E-state index contributed by atoms with van der Waals surface area (Å²) in [4.78, 5) is 12.1. The lowest BCUT2D eigenvalue weighted by molar-refractivity contribution is -0.147. The van der Waals surface area contributed by atoms with Crippen molar-refractivity contribution in [1.29, 1.82) is 0 Å². The van der Waals surface area contributed by atoms with Gasteiger partial charge in [0.1, 0.15) is 5.75 Å². The number of benzene rings is 1. The fourth-order valence-corrected chi connectivity index (χ4v) is 3.48. The molecule has 0 aromatic heterocycles. The Balaban J connectivity index is 2.37. The molecule has 2 rings (SSSR count). The average Bonchev–Trinajstić information content (AvgIpc) is 3.38. The zero-order valence-electron chi connectivity index (χ0n) is 14.8. The molecule has 1 fully saturated rings. The summed E-state index contributed by atoms with van der Waals surface area (Å²) in [5.41, 5.74) is 5.23. The number of amides is 1. The first-order valence-corrected chi connectivity index (χ1v) is 8.62. The van der Waals surface area contributed by atoms with Crippen LogP contribution in [0.15, 0.2) is 24.3 Å². The molecule has 1 saturated carbocycles. The van der Waals surface area contributed by atoms with Crippen molar-refractivity contribution in [3.63, 3.8) is 0 Å². The van der Waals surface area contributed by atoms with E-state index in [-0.39, 0.29) is 11.3 Å². The third-order valence-electron chi connectivity index (χ3n) is 5.24. The summed E-state index contributed by atoms with van der Waals surface area (Å²) in [5.74, 6) is -3.33. The Kier molecular flexibility index (Phi) is 7.05. The highest BCUT2D eigenvalue weighted by Gasteiger charge is 2.53. The summed E-state index contributed by atoms with van der Waals surface area (Å²) in [6.07, 6.45) is 0.803. The maximum absolute atomic E-state index is 12.6. The van der Waals surface area contributed by atoms with Crippen LogP contribution in [0.4, 0.5) is 17.6 Å². The number of hydrogen-bond donors (Lipinski definition) is 2. The van der Waals surface area contributed by atoms with Crippen LogP contribution in [0.1, 0.15) is 37.7 Å². The van der Waals surface area contributed by atoms with Crippen molar-refractivity contribution in [2.24, 2.45) is 17.1 Å². The van der Waals surface area contributed by atoms with Crippen LogP contribution >= 0.6 is 0 Å². The molecule has 3 N–H and O–H groups in total. The van der Waals surface area contributed by atoms with E-state index in [1.54, 1.807) is 0 Å². The van der Waals surface area contributed by atoms with E-state index >= 15 is 0 Å². The molecule has 1 aromatic carbocycles. The second-order valence-electron chi connectivity index (χ2n) is 6.74. The predicted octanol–water partition coefficient (Wildman–Crippen LogP) is 3.26. The standard InChI is InChI=1S/C18H23F4NO4/c1-2-18(6-7-18)14(24)13(15(23)25)12(9-26-16(19)20)10-4-3-5-11(8-10)27-17(21)22/h3-5,8,12-14,16-17,24H,2,6-7,9H2,1H3,(H2,23,25)/t12-,13?,14?/m0/s1. The minimum Gasteiger partial charge on any atom is -0.435 e. The van der Waals surface area contributed by atoms with Gasteiger partial charge in [-0.2, -0.15) is 17.6 Å². The van der Waals surface area contributed by atoms with E-state index in [4.69, 9.17) is 5.73 Å². The maximum atomic E-state index is 12.6. The van der Waals surface area contributed by atoms with E-state index < -0.39 is 49.1 Å². The number of carbonyl (C=O) groups is 1. The van der Waals surface area contributed by atoms with Crippen molar-refractivity contribution in [2.75, 3.05) is 6.61 Å². The van der Waals surface area contributed by atoms with Crippen molar-refractivity contribution < 1.29 is 36.9 Å². The number of nitrogens with two attached hydrogens (primary N) is 1. The lowest BCUT2D eigenvalue weighted by Crippen LogP contribution is -2.44. The summed E-state index contributed by atoms with van der Waals surface area (Å²) in [6, 6.07) is 5.33. The zero-order valence-corrected chi connectivity index (χ0v) is 14.8. The number of ether oxygens (including phenoxy) is 2. The van der Waals surface area contributed by atoms with Crippen molar-refractivity contribution in [1.82, 2.24) is 0 Å². The molecular weight excluding hydrogens is 370 g/mol. The Bertz CT molecular complexity index is 640. The topological polar surface area (TPSA) is 81.8 Å². The van der Waals surface area contributed by atoms with Gasteiger partial charge in [-0.1, -0.05) is 19.1 Å². The van der Waals surface area contributed by atoms with Gasteiger partial charge in [0.2, 0.25) is 5.91 Å². The van der Waals surface area contributed by atoms with Crippen molar-refractivity contribution in [3.8, 4) is 5.75 Å². The quantitative estimate of drug-likeness (QED) is 0.566. The molecule has 0 radical (unpaired) electrons. The highest BCUT2D eigenvalue weighted by atomic mass is 19.3. The Labute approximate surface area is 154 Å². The second kappa shape index (κ2) is 8.88. The number of hydrogen-bond acceptors (Lipinski definition) is 4. The average molecular weight is 393 g/mol. The van der Waals surface area contributed by atoms with E-state index in [1.807, 2.05) is 6.92 Å². The molecule has 1 aliphatic carbocycles. The number of aliphatic hydroxyl groups excluding tert-OH is 1. The molecule has 1 aromatic rings. The minimum atomic E-state index is -3.10. The molecule has 0 bridgehead atoms. The molecular formula is C18H23F4NO4. The van der Waals surface area contributed by atoms with Gasteiger partial charge in [-0.3, -0.25) is 4.79 Å². The Hall–Kier alpha value is -1.87. The summed E-state index contributed by atoms with van der Waals surface area (Å²) < 4.78 is 58.9. The number of rotatable bonds is 11. The van der Waals surface area contributed by atoms with Gasteiger partial charge >= 0.3 is 13.2 Å². The Morgan fingerprint density at radius 2 is 1.93 bits per heavy atom. The molecule has 3 atom stereocenters. The fourth-order valence-electron chi connectivity index (χ4n) is 3.48. The van der Waals surface area contributed by atoms with Gasteiger partial charge in [0.25, 0.3) is 0 Å². The van der Waals surface area contributed by atoms with Crippen molar-refractivity contribution >= 4 is 5.91 Å². The van der Waals surface area contributed by atoms with E-state index in [2.05, 4.69) is 9.47 Å². The van der Waals surface area contributed by atoms with Gasteiger partial charge in [-0.05, 0) is 42.4 Å². The van der Waals surface area contributed by atoms with E-state index in [0.29, 0.717) is 19.3 Å². The Morgan fingerprint density at radius 3 is 2.41 bits per heavy atom. The molecule has 0 heterocycles. The second-order valence-corrected chi connectivity index (χ2v) is 6.74. The summed E-state index contributed by atoms with van der Waals surface area (Å²) >= 11 is 0. The number of alkyl halides is 4. The van der Waals surface area contributed by atoms with Crippen LogP contribution in [0.5, 0.6) is 5.75 Å². The van der Waals surface area contributed by atoms with Gasteiger partial charge in [0.15, 0.2) is 0 Å². The van der Waals surface area contributed by atoms with Crippen LogP contribution in [0.25, 0.3) is 0 Å². The molecule has 152 valence electrons. The number of aliphatic hydroxyl groups is 1. The summed E-state index contributed by atoms with van der Waals surface area (Å²) in [5, 5.41) is 10.8. The van der Waals surface area contributed by atoms with Crippen molar-refractivity contribution in [2.45, 2.75) is 51.4 Å². The van der Waals surface area contributed by atoms with Crippen LogP contribution < -0.4 is 10.5 Å². The third kappa shape index (κ3) is 5.32. The van der Waals surface area contributed by atoms with E-state index in [1.165, 1.54) is 24.3 Å². The van der Waals surface area contributed by atoms with E-state index in [9.17, 15) is 27.5 Å². The molecule has 2 unspecified atom stereocenters. The van der Waals surface area contributed by atoms with Crippen LogP contribution in [0.3, 0.4) is 0 Å². The molecule has 1 amide bonds. The van der Waals surface area contributed by atoms with Crippen LogP contribution in [0, 0.1) is 11.3 Å². The van der Waals surface area contributed by atoms with Gasteiger partial charge in [-0.15, -0.1) is 0 Å². The van der Waals surface area contributed by atoms with Crippen molar-refractivity contribution in [3.05, 3.63) is 29.8 Å². The number of halogens is 4. The molecule has 9 heteroatoms. The maximum Gasteiger partial charge on any atom is 0.387 e. The van der Waals surface area contributed by atoms with Gasteiger partial charge < -0.3 is 20.3 Å². The van der Waals surface area contributed by atoms with Crippen LogP contribution in [0.2, 0.25) is 0 Å². The normalized spacial score (nSPS) is 19.0. The highest BCUT2D eigenvalue weighted by Crippen LogP contribution is 2.55.